The van der Waals surface area contributed by atoms with E-state index in [4.69, 9.17) is 18.9 Å². The molecule has 0 unspecified atom stereocenters. The van der Waals surface area contributed by atoms with Crippen LogP contribution in [0.5, 0.6) is 23.0 Å². The first-order valence-corrected chi connectivity index (χ1v) is 12.9. The van der Waals surface area contributed by atoms with Gasteiger partial charge in [-0.2, -0.15) is 0 Å². The largest absolute Gasteiger partial charge is 0.504 e. The highest BCUT2D eigenvalue weighted by Gasteiger charge is 2.53. The van der Waals surface area contributed by atoms with Crippen molar-refractivity contribution in [3.8, 4) is 23.0 Å². The van der Waals surface area contributed by atoms with Gasteiger partial charge in [-0.1, -0.05) is 18.2 Å². The minimum atomic E-state index is -1.56. The summed E-state index contributed by atoms with van der Waals surface area (Å²) in [6.07, 6.45) is -6.74. The van der Waals surface area contributed by atoms with Gasteiger partial charge in [-0.25, -0.2) is 4.79 Å². The zero-order chi connectivity index (χ0) is 27.7. The molecule has 5 N–H and O–H groups in total. The fourth-order valence-corrected chi connectivity index (χ4v) is 5.47. The summed E-state index contributed by atoms with van der Waals surface area (Å²) < 4.78 is 22.3. The molecule has 12 nitrogen and oxygen atoms in total. The summed E-state index contributed by atoms with van der Waals surface area (Å²) in [7, 11) is 1.27. The Balaban J connectivity index is 1.34. The van der Waals surface area contributed by atoms with Crippen molar-refractivity contribution in [2.75, 3.05) is 53.0 Å². The molecule has 5 atom stereocenters. The van der Waals surface area contributed by atoms with Crippen molar-refractivity contribution < 1.29 is 49.3 Å². The number of rotatable bonds is 8. The van der Waals surface area contributed by atoms with Crippen LogP contribution in [0.15, 0.2) is 30.3 Å². The monoisotopic (exact) mass is 546 g/mol. The maximum atomic E-state index is 13.2. The lowest BCUT2D eigenvalue weighted by molar-refractivity contribution is -0.235. The van der Waals surface area contributed by atoms with Crippen molar-refractivity contribution >= 4 is 5.97 Å². The second-order valence-corrected chi connectivity index (χ2v) is 9.91. The Kier molecular flexibility index (Phi) is 8.12. The zero-order valence-corrected chi connectivity index (χ0v) is 21.6. The van der Waals surface area contributed by atoms with Gasteiger partial charge in [-0.15, -0.1) is 0 Å². The predicted octanol–water partition coefficient (Wildman–Crippen LogP) is -0.00400. The van der Waals surface area contributed by atoms with Gasteiger partial charge >= 0.3 is 5.97 Å². The van der Waals surface area contributed by atoms with E-state index in [-0.39, 0.29) is 29.0 Å². The van der Waals surface area contributed by atoms with Crippen molar-refractivity contribution in [3.05, 3.63) is 47.0 Å². The second kappa shape index (κ2) is 11.5. The third-order valence-electron chi connectivity index (χ3n) is 7.61. The van der Waals surface area contributed by atoms with Crippen molar-refractivity contribution in [3.63, 3.8) is 0 Å². The zero-order valence-electron chi connectivity index (χ0n) is 21.6. The summed E-state index contributed by atoms with van der Waals surface area (Å²) in [5.74, 6) is -1.20. The van der Waals surface area contributed by atoms with Gasteiger partial charge in [0.1, 0.15) is 36.8 Å². The number of carbonyl (C=O) groups is 1. The highest BCUT2D eigenvalue weighted by atomic mass is 16.6. The maximum Gasteiger partial charge on any atom is 0.339 e. The standard InChI is InChI=1S/C27H34N2O10/c1-36-25-20(31)16(13-29-9-7-28(8-10-29)11-12-37-15-5-3-2-4-6-15)18-19(22(25)33)24-26(39-27(18)35)23(34)21(32)17(14-30)38-24/h2-6,17,21,23-24,26,30-34H,7-14H2,1H3/t17-,21-,23+,24-,26-/m1/s1. The first kappa shape index (κ1) is 27.4. The molecule has 5 rings (SSSR count). The predicted molar refractivity (Wildman–Crippen MR) is 136 cm³/mol. The van der Waals surface area contributed by atoms with E-state index in [0.717, 1.165) is 25.4 Å². The van der Waals surface area contributed by atoms with Crippen LogP contribution < -0.4 is 9.47 Å². The highest BCUT2D eigenvalue weighted by Crippen LogP contribution is 2.52. The number of para-hydroxylation sites is 1. The van der Waals surface area contributed by atoms with E-state index in [1.54, 1.807) is 0 Å². The van der Waals surface area contributed by atoms with Gasteiger partial charge in [-0.3, -0.25) is 9.80 Å². The van der Waals surface area contributed by atoms with E-state index in [0.29, 0.717) is 19.7 Å². The van der Waals surface area contributed by atoms with E-state index in [9.17, 15) is 30.3 Å². The van der Waals surface area contributed by atoms with Gasteiger partial charge < -0.3 is 44.5 Å². The van der Waals surface area contributed by atoms with Crippen LogP contribution in [0.2, 0.25) is 0 Å². The van der Waals surface area contributed by atoms with Crippen LogP contribution in [0.25, 0.3) is 0 Å². The van der Waals surface area contributed by atoms with Gasteiger partial charge in [0.25, 0.3) is 0 Å². The Morgan fingerprint density at radius 3 is 2.36 bits per heavy atom. The third-order valence-corrected chi connectivity index (χ3v) is 7.61. The summed E-state index contributed by atoms with van der Waals surface area (Å²) in [4.78, 5) is 17.5. The summed E-state index contributed by atoms with van der Waals surface area (Å²) in [5, 5.41) is 52.5. The molecular weight excluding hydrogens is 512 g/mol. The number of fused-ring (bicyclic) bond motifs is 3. The number of aliphatic hydroxyl groups is 3. The minimum Gasteiger partial charge on any atom is -0.504 e. The lowest BCUT2D eigenvalue weighted by atomic mass is 9.84. The molecule has 2 fully saturated rings. The van der Waals surface area contributed by atoms with E-state index >= 15 is 0 Å². The maximum absolute atomic E-state index is 13.2. The Labute approximate surface area is 225 Å². The Morgan fingerprint density at radius 2 is 1.69 bits per heavy atom. The quantitative estimate of drug-likeness (QED) is 0.282. The lowest BCUT2D eigenvalue weighted by Gasteiger charge is -2.45. The van der Waals surface area contributed by atoms with Gasteiger partial charge in [0, 0.05) is 50.4 Å². The van der Waals surface area contributed by atoms with Gasteiger partial charge in [0.2, 0.25) is 5.75 Å². The van der Waals surface area contributed by atoms with E-state index in [2.05, 4.69) is 9.80 Å². The van der Waals surface area contributed by atoms with E-state index in [1.165, 1.54) is 7.11 Å². The molecule has 2 saturated heterocycles. The van der Waals surface area contributed by atoms with Crippen LogP contribution in [0.4, 0.5) is 0 Å². The number of phenols is 2. The molecule has 0 aliphatic carbocycles. The second-order valence-electron chi connectivity index (χ2n) is 9.91. The van der Waals surface area contributed by atoms with Crippen LogP contribution in [0.1, 0.15) is 27.6 Å². The number of hydrogen-bond donors (Lipinski definition) is 5. The molecule has 3 heterocycles. The number of methoxy groups -OCH3 is 1. The summed E-state index contributed by atoms with van der Waals surface area (Å²) in [6, 6.07) is 9.61. The first-order chi connectivity index (χ1) is 18.8. The molecule has 212 valence electrons. The third kappa shape index (κ3) is 5.23. The van der Waals surface area contributed by atoms with Crippen molar-refractivity contribution in [2.24, 2.45) is 0 Å². The van der Waals surface area contributed by atoms with Crippen molar-refractivity contribution in [1.82, 2.24) is 9.80 Å². The van der Waals surface area contributed by atoms with E-state index < -0.39 is 54.6 Å². The van der Waals surface area contributed by atoms with Gasteiger partial charge in [-0.05, 0) is 12.1 Å². The highest BCUT2D eigenvalue weighted by molar-refractivity contribution is 5.97. The van der Waals surface area contributed by atoms with Crippen LogP contribution in [0, 0.1) is 0 Å². The Morgan fingerprint density at radius 1 is 1.00 bits per heavy atom. The Bertz CT molecular complexity index is 1170. The summed E-state index contributed by atoms with van der Waals surface area (Å²) in [6.45, 7) is 3.67. The van der Waals surface area contributed by atoms with Crippen molar-refractivity contribution in [2.45, 2.75) is 37.1 Å². The van der Waals surface area contributed by atoms with Crippen LogP contribution >= 0.6 is 0 Å². The number of benzene rings is 2. The fraction of sp³-hybridized carbons (Fsp3) is 0.519. The normalized spacial score (nSPS) is 27.4. The number of hydrogen-bond acceptors (Lipinski definition) is 12. The number of phenolic OH excluding ortho intramolecular Hbond substituents is 2. The summed E-state index contributed by atoms with van der Waals surface area (Å²) in [5.41, 5.74) is 0.113. The molecule has 3 aliphatic heterocycles. The average molecular weight is 547 g/mol. The molecule has 39 heavy (non-hydrogen) atoms. The molecular formula is C27H34N2O10. The van der Waals surface area contributed by atoms with Crippen LogP contribution in [-0.2, 0) is 16.0 Å². The molecule has 0 saturated carbocycles. The van der Waals surface area contributed by atoms with E-state index in [1.807, 2.05) is 30.3 Å². The van der Waals surface area contributed by atoms with Crippen LogP contribution in [0.3, 0.4) is 0 Å². The topological polar surface area (TPSA) is 162 Å². The summed E-state index contributed by atoms with van der Waals surface area (Å²) >= 11 is 0. The Hall–Kier alpha value is -3.13. The molecule has 0 aromatic heterocycles. The molecule has 12 heteroatoms. The number of carbonyl (C=O) groups excluding carboxylic acids is 1. The molecule has 0 spiro atoms. The van der Waals surface area contributed by atoms with Gasteiger partial charge in [0.15, 0.2) is 17.6 Å². The molecule has 0 amide bonds. The number of nitrogens with zero attached hydrogens (tertiary/aromatic N) is 2. The van der Waals surface area contributed by atoms with Gasteiger partial charge in [0.05, 0.1) is 19.3 Å². The first-order valence-electron chi connectivity index (χ1n) is 12.9. The molecule has 0 radical (unpaired) electrons. The number of esters is 1. The number of aromatic hydroxyl groups is 2. The SMILES string of the molecule is COc1c(O)c(CN2CCN(CCOc3ccccc3)CC2)c2c(c1O)[C@H]1O[C@H](CO)[C@@H](O)[C@H](O)[C@H]1OC2=O. The number of piperazine rings is 1. The fourth-order valence-electron chi connectivity index (χ4n) is 5.47. The smallest absolute Gasteiger partial charge is 0.339 e. The average Bonchev–Trinajstić information content (AvgIpc) is 2.94. The van der Waals surface area contributed by atoms with Crippen LogP contribution in [-0.4, -0.2) is 119 Å². The number of ether oxygens (including phenoxy) is 4. The molecule has 0 bridgehead atoms. The molecule has 2 aromatic carbocycles. The lowest BCUT2D eigenvalue weighted by Crippen LogP contribution is -2.58. The number of aliphatic hydroxyl groups excluding tert-OH is 3. The molecule has 3 aliphatic rings. The minimum absolute atomic E-state index is 0.0120. The molecule has 2 aromatic rings. The van der Waals surface area contributed by atoms with Crippen molar-refractivity contribution in [1.29, 1.82) is 0 Å².